The summed E-state index contributed by atoms with van der Waals surface area (Å²) in [6.45, 7) is 0.147. The molecule has 0 aliphatic rings. The van der Waals surface area contributed by atoms with E-state index in [0.717, 1.165) is 0 Å². The van der Waals surface area contributed by atoms with Crippen molar-refractivity contribution in [3.63, 3.8) is 0 Å². The van der Waals surface area contributed by atoms with E-state index in [4.69, 9.17) is 16.3 Å². The molecule has 0 aliphatic heterocycles. The number of aromatic nitrogens is 2. The number of hydrogen-bond donors (Lipinski definition) is 0. The lowest BCUT2D eigenvalue weighted by atomic mass is 10.1. The molecular weight excluding hydrogens is 520 g/mol. The fourth-order valence-corrected chi connectivity index (χ4v) is 7.14. The molecule has 0 fully saturated rings. The van der Waals surface area contributed by atoms with Gasteiger partial charge in [0.1, 0.15) is 11.0 Å². The molecule has 0 aliphatic carbocycles. The minimum Gasteiger partial charge on any atom is -0.497 e. The molecule has 3 aromatic carbocycles. The predicted molar refractivity (Wildman–Crippen MR) is 139 cm³/mol. The second kappa shape index (κ2) is 10.9. The summed E-state index contributed by atoms with van der Waals surface area (Å²) in [7, 11) is -5.76. The molecule has 0 bridgehead atoms. The molecule has 0 N–H and O–H groups in total. The van der Waals surface area contributed by atoms with Crippen LogP contribution >= 0.6 is 11.6 Å². The quantitative estimate of drug-likeness (QED) is 0.282. The zero-order valence-corrected chi connectivity index (χ0v) is 21.9. The van der Waals surface area contributed by atoms with Gasteiger partial charge >= 0.3 is 0 Å². The van der Waals surface area contributed by atoms with Gasteiger partial charge in [0.15, 0.2) is 19.7 Å². The highest BCUT2D eigenvalue weighted by molar-refractivity contribution is 7.91. The Morgan fingerprint density at radius 3 is 2.06 bits per heavy atom. The first-order valence-electron chi connectivity index (χ1n) is 11.0. The highest BCUT2D eigenvalue weighted by Gasteiger charge is 2.29. The van der Waals surface area contributed by atoms with Gasteiger partial charge in [0, 0.05) is 24.0 Å². The first kappa shape index (κ1) is 25.9. The van der Waals surface area contributed by atoms with Crippen molar-refractivity contribution in [3.05, 3.63) is 113 Å². The monoisotopic (exact) mass is 544 g/mol. The Labute approximate surface area is 216 Å². The molecule has 188 valence electrons. The smallest absolute Gasteiger partial charge is 0.182 e. The van der Waals surface area contributed by atoms with Gasteiger partial charge in [0.05, 0.1) is 29.8 Å². The van der Waals surface area contributed by atoms with Crippen molar-refractivity contribution in [2.75, 3.05) is 7.11 Å². The number of methoxy groups -OCH3 is 1. The maximum Gasteiger partial charge on any atom is 0.182 e. The van der Waals surface area contributed by atoms with E-state index in [0.29, 0.717) is 27.5 Å². The lowest BCUT2D eigenvalue weighted by molar-refractivity contribution is 0.414. The Morgan fingerprint density at radius 2 is 1.47 bits per heavy atom. The van der Waals surface area contributed by atoms with Crippen LogP contribution in [0, 0.1) is 0 Å². The Balaban J connectivity index is 1.60. The van der Waals surface area contributed by atoms with Gasteiger partial charge in [0.2, 0.25) is 0 Å². The molecule has 4 aromatic rings. The van der Waals surface area contributed by atoms with Gasteiger partial charge in [-0.15, -0.1) is 0 Å². The number of benzene rings is 3. The molecule has 1 atom stereocenters. The van der Waals surface area contributed by atoms with Gasteiger partial charge in [-0.2, -0.15) is 0 Å². The number of nitrogens with zero attached hydrogens (tertiary/aromatic N) is 2. The van der Waals surface area contributed by atoms with Crippen molar-refractivity contribution in [2.45, 2.75) is 28.2 Å². The van der Waals surface area contributed by atoms with Crippen LogP contribution in [0.25, 0.3) is 0 Å². The standard InChI is InChI=1S/C26H25ClN2O5S2/c1-34-24-10-4-21(5-11-24)17-35(30,31)25-12-6-22(7-13-25)26(16-29-15-14-28-19-29)36(32,33)18-20-2-8-23(27)9-3-20/h2-15,19,26H,16-18H2,1H3. The average Bonchev–Trinajstić information content (AvgIpc) is 3.38. The molecule has 0 saturated heterocycles. The van der Waals surface area contributed by atoms with Crippen LogP contribution in [0.1, 0.15) is 21.9 Å². The molecular formula is C26H25ClN2O5S2. The molecule has 1 unspecified atom stereocenters. The van der Waals surface area contributed by atoms with Gasteiger partial charge in [-0.05, 0) is 53.1 Å². The maximum atomic E-state index is 13.5. The lowest BCUT2D eigenvalue weighted by Gasteiger charge is -2.19. The Bertz CT molecular complexity index is 1500. The van der Waals surface area contributed by atoms with E-state index in [1.165, 1.54) is 12.1 Å². The summed E-state index contributed by atoms with van der Waals surface area (Å²) in [5.41, 5.74) is 1.75. The van der Waals surface area contributed by atoms with Gasteiger partial charge < -0.3 is 9.30 Å². The molecule has 0 amide bonds. The van der Waals surface area contributed by atoms with Crippen LogP contribution in [0.2, 0.25) is 5.02 Å². The molecule has 10 heteroatoms. The zero-order valence-electron chi connectivity index (χ0n) is 19.5. The Hall–Kier alpha value is -3.14. The van der Waals surface area contributed by atoms with Gasteiger partial charge in [-0.3, -0.25) is 0 Å². The second-order valence-electron chi connectivity index (χ2n) is 8.36. The molecule has 1 aromatic heterocycles. The van der Waals surface area contributed by atoms with Crippen LogP contribution in [0.3, 0.4) is 0 Å². The normalized spacial score (nSPS) is 12.8. The van der Waals surface area contributed by atoms with Crippen LogP contribution < -0.4 is 4.74 Å². The summed E-state index contributed by atoms with van der Waals surface area (Å²) in [5, 5.41) is -0.377. The number of hydrogen-bond acceptors (Lipinski definition) is 6. The van der Waals surface area contributed by atoms with Gasteiger partial charge in [-0.1, -0.05) is 48.0 Å². The van der Waals surface area contributed by atoms with E-state index in [1.807, 2.05) is 0 Å². The zero-order chi connectivity index (χ0) is 25.8. The van der Waals surface area contributed by atoms with Crippen molar-refractivity contribution in [2.24, 2.45) is 0 Å². The van der Waals surface area contributed by atoms with Gasteiger partial charge in [0.25, 0.3) is 0 Å². The van der Waals surface area contributed by atoms with E-state index in [9.17, 15) is 16.8 Å². The van der Waals surface area contributed by atoms with Crippen molar-refractivity contribution in [1.29, 1.82) is 0 Å². The predicted octanol–water partition coefficient (Wildman–Crippen LogP) is 4.88. The van der Waals surface area contributed by atoms with Crippen molar-refractivity contribution in [1.82, 2.24) is 9.55 Å². The highest BCUT2D eigenvalue weighted by atomic mass is 35.5. The third-order valence-corrected chi connectivity index (χ3v) is 9.76. The minimum atomic E-state index is -3.67. The number of rotatable bonds is 10. The second-order valence-corrected chi connectivity index (χ2v) is 13.0. The molecule has 0 saturated carbocycles. The molecule has 7 nitrogen and oxygen atoms in total. The average molecular weight is 545 g/mol. The molecule has 4 rings (SSSR count). The largest absolute Gasteiger partial charge is 0.497 e. The fourth-order valence-electron chi connectivity index (χ4n) is 3.84. The summed E-state index contributed by atoms with van der Waals surface area (Å²) < 4.78 is 59.8. The van der Waals surface area contributed by atoms with Crippen LogP contribution in [0.4, 0.5) is 0 Å². The highest BCUT2D eigenvalue weighted by Crippen LogP contribution is 2.30. The maximum absolute atomic E-state index is 13.5. The number of ether oxygens (including phenoxy) is 1. The Morgan fingerprint density at radius 1 is 0.861 bits per heavy atom. The van der Waals surface area contributed by atoms with Crippen LogP contribution in [-0.2, 0) is 37.7 Å². The minimum absolute atomic E-state index is 0.124. The third-order valence-electron chi connectivity index (χ3n) is 5.78. The summed E-state index contributed by atoms with van der Waals surface area (Å²) in [6.07, 6.45) is 4.83. The van der Waals surface area contributed by atoms with Crippen molar-refractivity contribution < 1.29 is 21.6 Å². The third kappa shape index (κ3) is 6.34. The number of halogens is 1. The van der Waals surface area contributed by atoms with E-state index in [1.54, 1.807) is 91.1 Å². The first-order valence-corrected chi connectivity index (χ1v) is 14.8. The molecule has 0 spiro atoms. The van der Waals surface area contributed by atoms with Crippen LogP contribution in [0.15, 0.2) is 96.4 Å². The number of sulfone groups is 2. The van der Waals surface area contributed by atoms with E-state index >= 15 is 0 Å². The first-order chi connectivity index (χ1) is 17.2. The lowest BCUT2D eigenvalue weighted by Crippen LogP contribution is -2.20. The molecule has 0 radical (unpaired) electrons. The SMILES string of the molecule is COc1ccc(CS(=O)(=O)c2ccc(C(Cn3ccnc3)S(=O)(=O)Cc3ccc(Cl)cc3)cc2)cc1. The Kier molecular flexibility index (Phi) is 7.82. The van der Waals surface area contributed by atoms with E-state index < -0.39 is 24.9 Å². The summed E-state index contributed by atoms with van der Waals surface area (Å²) in [5.74, 6) is 0.286. The van der Waals surface area contributed by atoms with Crippen LogP contribution in [-0.4, -0.2) is 33.5 Å². The summed E-state index contributed by atoms with van der Waals surface area (Å²) in [6, 6.07) is 19.6. The number of imidazole rings is 1. The topological polar surface area (TPSA) is 95.3 Å². The van der Waals surface area contributed by atoms with Crippen molar-refractivity contribution in [3.8, 4) is 5.75 Å². The summed E-state index contributed by atoms with van der Waals surface area (Å²) in [4.78, 5) is 4.13. The van der Waals surface area contributed by atoms with Crippen LogP contribution in [0.5, 0.6) is 5.75 Å². The molecule has 1 heterocycles. The van der Waals surface area contributed by atoms with E-state index in [-0.39, 0.29) is 22.9 Å². The fraction of sp³-hybridized carbons (Fsp3) is 0.192. The summed E-state index contributed by atoms with van der Waals surface area (Å²) >= 11 is 5.94. The molecule has 36 heavy (non-hydrogen) atoms. The van der Waals surface area contributed by atoms with Gasteiger partial charge in [-0.25, -0.2) is 21.8 Å². The van der Waals surface area contributed by atoms with E-state index in [2.05, 4.69) is 4.98 Å². The van der Waals surface area contributed by atoms with Crippen molar-refractivity contribution >= 4 is 31.3 Å².